The molecule has 2 rings (SSSR count). The highest BCUT2D eigenvalue weighted by atomic mass is 32.2. The minimum absolute atomic E-state index is 0.145. The van der Waals surface area contributed by atoms with Crippen LogP contribution in [0.1, 0.15) is 0 Å². The first-order valence-corrected chi connectivity index (χ1v) is 6.70. The lowest BCUT2D eigenvalue weighted by Crippen LogP contribution is -2.00. The van der Waals surface area contributed by atoms with E-state index in [0.717, 1.165) is 4.90 Å². The number of nitrogens with two attached hydrogens (primary N) is 1. The molecule has 2 nitrogen and oxygen atoms in total. The highest BCUT2D eigenvalue weighted by Crippen LogP contribution is 2.22. The zero-order valence-electron chi connectivity index (χ0n) is 10.1. The van der Waals surface area contributed by atoms with Gasteiger partial charge >= 0.3 is 0 Å². The molecule has 100 valence electrons. The first kappa shape index (κ1) is 13.7. The summed E-state index contributed by atoms with van der Waals surface area (Å²) in [6, 6.07) is 10.5. The lowest BCUT2D eigenvalue weighted by molar-refractivity contribution is 0.343. The van der Waals surface area contributed by atoms with Crippen molar-refractivity contribution >= 4 is 17.4 Å². The van der Waals surface area contributed by atoms with Crippen LogP contribution in [0, 0.1) is 11.6 Å². The van der Waals surface area contributed by atoms with E-state index in [2.05, 4.69) is 0 Å². The van der Waals surface area contributed by atoms with E-state index in [1.54, 1.807) is 24.3 Å². The van der Waals surface area contributed by atoms with E-state index in [1.165, 1.54) is 30.0 Å². The Hall–Kier alpha value is -1.75. The number of hydrogen-bond donors (Lipinski definition) is 1. The Morgan fingerprint density at radius 3 is 2.47 bits per heavy atom. The summed E-state index contributed by atoms with van der Waals surface area (Å²) in [7, 11) is 0. The van der Waals surface area contributed by atoms with Gasteiger partial charge in [0.15, 0.2) is 0 Å². The molecular formula is C14H13F2NOS. The number of ether oxygens (including phenoxy) is 1. The van der Waals surface area contributed by atoms with E-state index >= 15 is 0 Å². The molecular weight excluding hydrogens is 268 g/mol. The minimum Gasteiger partial charge on any atom is -0.493 e. The third-order valence-electron chi connectivity index (χ3n) is 2.41. The lowest BCUT2D eigenvalue weighted by atomic mass is 10.3. The molecule has 0 unspecified atom stereocenters. The van der Waals surface area contributed by atoms with Gasteiger partial charge in [0.05, 0.1) is 12.3 Å². The fraction of sp³-hybridized carbons (Fsp3) is 0.143. The van der Waals surface area contributed by atoms with Crippen molar-refractivity contribution in [1.29, 1.82) is 0 Å². The van der Waals surface area contributed by atoms with Gasteiger partial charge in [-0.15, -0.1) is 11.8 Å². The molecule has 0 atom stereocenters. The molecule has 2 N–H and O–H groups in total. The summed E-state index contributed by atoms with van der Waals surface area (Å²) in [5.41, 5.74) is 5.54. The number of nitrogen functional groups attached to an aromatic ring is 1. The second-order valence-corrected chi connectivity index (χ2v) is 5.00. The van der Waals surface area contributed by atoms with E-state index in [0.29, 0.717) is 18.1 Å². The molecule has 0 fully saturated rings. The van der Waals surface area contributed by atoms with Gasteiger partial charge in [0.1, 0.15) is 17.4 Å². The standard InChI is InChI=1S/C14H13F2NOS/c15-10-1-3-11(4-2-10)18-7-8-19-12-5-6-14(17)13(16)9-12/h1-6,9H,7-8,17H2. The summed E-state index contributed by atoms with van der Waals surface area (Å²) < 4.78 is 31.3. The first-order chi connectivity index (χ1) is 9.15. The number of benzene rings is 2. The SMILES string of the molecule is Nc1ccc(SCCOc2ccc(F)cc2)cc1F. The van der Waals surface area contributed by atoms with Crippen molar-refractivity contribution < 1.29 is 13.5 Å². The fourth-order valence-electron chi connectivity index (χ4n) is 1.45. The zero-order valence-corrected chi connectivity index (χ0v) is 10.9. The summed E-state index contributed by atoms with van der Waals surface area (Å²) >= 11 is 1.47. The molecule has 0 saturated heterocycles. The van der Waals surface area contributed by atoms with Gasteiger partial charge in [0.25, 0.3) is 0 Å². The fourth-order valence-corrected chi connectivity index (χ4v) is 2.20. The maximum absolute atomic E-state index is 13.2. The van der Waals surface area contributed by atoms with Crippen molar-refractivity contribution in [1.82, 2.24) is 0 Å². The Morgan fingerprint density at radius 1 is 1.05 bits per heavy atom. The predicted octanol–water partition coefficient (Wildman–Crippen LogP) is 3.72. The van der Waals surface area contributed by atoms with E-state index < -0.39 is 5.82 Å². The maximum Gasteiger partial charge on any atom is 0.147 e. The summed E-state index contributed by atoms with van der Waals surface area (Å²) in [5.74, 6) is 0.579. The molecule has 0 aliphatic rings. The van der Waals surface area contributed by atoms with Gasteiger partial charge in [-0.1, -0.05) is 0 Å². The average molecular weight is 281 g/mol. The molecule has 19 heavy (non-hydrogen) atoms. The van der Waals surface area contributed by atoms with Gasteiger partial charge in [-0.25, -0.2) is 8.78 Å². The molecule has 0 bridgehead atoms. The number of halogens is 2. The van der Waals surface area contributed by atoms with E-state index in [-0.39, 0.29) is 11.5 Å². The monoisotopic (exact) mass is 281 g/mol. The van der Waals surface area contributed by atoms with Gasteiger partial charge in [0.2, 0.25) is 0 Å². The van der Waals surface area contributed by atoms with Crippen LogP contribution in [0.5, 0.6) is 5.75 Å². The van der Waals surface area contributed by atoms with Crippen LogP contribution in [-0.2, 0) is 0 Å². The first-order valence-electron chi connectivity index (χ1n) is 5.71. The van der Waals surface area contributed by atoms with Crippen LogP contribution in [0.15, 0.2) is 47.4 Å². The van der Waals surface area contributed by atoms with Crippen molar-refractivity contribution in [3.05, 3.63) is 54.1 Å². The van der Waals surface area contributed by atoms with Gasteiger partial charge in [-0.3, -0.25) is 0 Å². The third-order valence-corrected chi connectivity index (χ3v) is 3.36. The van der Waals surface area contributed by atoms with Crippen molar-refractivity contribution in [3.63, 3.8) is 0 Å². The molecule has 0 heterocycles. The Balaban J connectivity index is 1.77. The van der Waals surface area contributed by atoms with Crippen molar-refractivity contribution in [2.75, 3.05) is 18.1 Å². The van der Waals surface area contributed by atoms with Crippen LogP contribution in [0.4, 0.5) is 14.5 Å². The molecule has 2 aromatic carbocycles. The maximum atomic E-state index is 13.2. The summed E-state index contributed by atoms with van der Waals surface area (Å²) in [4.78, 5) is 0.800. The Bertz CT molecular complexity index is 546. The van der Waals surface area contributed by atoms with E-state index in [9.17, 15) is 8.78 Å². The van der Waals surface area contributed by atoms with Crippen LogP contribution >= 0.6 is 11.8 Å². The van der Waals surface area contributed by atoms with Crippen molar-refractivity contribution in [2.45, 2.75) is 4.90 Å². The Labute approximate surface area is 114 Å². The number of rotatable bonds is 5. The normalized spacial score (nSPS) is 10.4. The molecule has 0 aliphatic carbocycles. The number of anilines is 1. The number of thioether (sulfide) groups is 1. The summed E-state index contributed by atoms with van der Waals surface area (Å²) in [6.45, 7) is 0.461. The highest BCUT2D eigenvalue weighted by Gasteiger charge is 2.01. The molecule has 0 spiro atoms. The summed E-state index contributed by atoms with van der Waals surface area (Å²) in [5, 5.41) is 0. The van der Waals surface area contributed by atoms with Crippen LogP contribution in [0.2, 0.25) is 0 Å². The Morgan fingerprint density at radius 2 is 1.79 bits per heavy atom. The molecule has 0 aliphatic heterocycles. The molecule has 0 radical (unpaired) electrons. The van der Waals surface area contributed by atoms with Crippen molar-refractivity contribution in [2.24, 2.45) is 0 Å². The largest absolute Gasteiger partial charge is 0.493 e. The average Bonchev–Trinajstić information content (AvgIpc) is 2.41. The molecule has 0 amide bonds. The second-order valence-electron chi connectivity index (χ2n) is 3.83. The van der Waals surface area contributed by atoms with Crippen LogP contribution in [-0.4, -0.2) is 12.4 Å². The van der Waals surface area contributed by atoms with E-state index in [4.69, 9.17) is 10.5 Å². The van der Waals surface area contributed by atoms with Gasteiger partial charge in [-0.05, 0) is 42.5 Å². The smallest absolute Gasteiger partial charge is 0.147 e. The van der Waals surface area contributed by atoms with Crippen molar-refractivity contribution in [3.8, 4) is 5.75 Å². The van der Waals surface area contributed by atoms with Crippen LogP contribution < -0.4 is 10.5 Å². The quantitative estimate of drug-likeness (QED) is 0.515. The van der Waals surface area contributed by atoms with Gasteiger partial charge in [0, 0.05) is 10.6 Å². The van der Waals surface area contributed by atoms with Crippen LogP contribution in [0.3, 0.4) is 0 Å². The van der Waals surface area contributed by atoms with Gasteiger partial charge < -0.3 is 10.5 Å². The molecule has 0 saturated carbocycles. The molecule has 0 aromatic heterocycles. The van der Waals surface area contributed by atoms with E-state index in [1.807, 2.05) is 0 Å². The zero-order chi connectivity index (χ0) is 13.7. The number of hydrogen-bond acceptors (Lipinski definition) is 3. The highest BCUT2D eigenvalue weighted by molar-refractivity contribution is 7.99. The minimum atomic E-state index is -0.413. The summed E-state index contributed by atoms with van der Waals surface area (Å²) in [6.07, 6.45) is 0. The predicted molar refractivity (Wildman–Crippen MR) is 73.4 cm³/mol. The second kappa shape index (κ2) is 6.43. The molecule has 5 heteroatoms. The topological polar surface area (TPSA) is 35.2 Å². The van der Waals surface area contributed by atoms with Gasteiger partial charge in [-0.2, -0.15) is 0 Å². The Kier molecular flexibility index (Phi) is 4.63. The van der Waals surface area contributed by atoms with Crippen LogP contribution in [0.25, 0.3) is 0 Å². The molecule has 2 aromatic rings. The lowest BCUT2D eigenvalue weighted by Gasteiger charge is -2.06. The third kappa shape index (κ3) is 4.13.